The topological polar surface area (TPSA) is 51.2 Å². The molecule has 2 aromatic heterocycles. The molecule has 2 heterocycles. The van der Waals surface area contributed by atoms with Crippen molar-refractivity contribution in [2.45, 2.75) is 6.54 Å². The number of nitrogens with zero attached hydrogens (tertiary/aromatic N) is 1. The maximum Gasteiger partial charge on any atom is 0.252 e. The van der Waals surface area contributed by atoms with Gasteiger partial charge in [-0.3, -0.25) is 4.79 Å². The van der Waals surface area contributed by atoms with E-state index in [1.54, 1.807) is 12.3 Å². The van der Waals surface area contributed by atoms with E-state index in [-0.39, 0.29) is 5.91 Å². The third kappa shape index (κ3) is 4.40. The number of para-hydroxylation sites is 1. The highest BCUT2D eigenvalue weighted by Crippen LogP contribution is 2.21. The Morgan fingerprint density at radius 2 is 2.04 bits per heavy atom. The first kappa shape index (κ1) is 15.7. The van der Waals surface area contributed by atoms with Gasteiger partial charge in [0.15, 0.2) is 0 Å². The van der Waals surface area contributed by atoms with Crippen molar-refractivity contribution in [1.82, 2.24) is 10.3 Å². The summed E-state index contributed by atoms with van der Waals surface area (Å²) in [5.41, 5.74) is 1.57. The van der Waals surface area contributed by atoms with Crippen LogP contribution in [0.3, 0.4) is 0 Å². The van der Waals surface area contributed by atoms with Gasteiger partial charge in [-0.25, -0.2) is 4.98 Å². The molecule has 1 aromatic carbocycles. The molecule has 6 heteroatoms. The van der Waals surface area contributed by atoms with E-state index in [2.05, 4.69) is 26.2 Å². The quantitative estimate of drug-likeness (QED) is 0.693. The molecule has 0 radical (unpaired) electrons. The van der Waals surface area contributed by atoms with Gasteiger partial charge in [-0.15, -0.1) is 11.3 Å². The number of ether oxygens (including phenoxy) is 1. The molecule has 0 aliphatic rings. The van der Waals surface area contributed by atoms with Crippen LogP contribution in [0, 0.1) is 0 Å². The van der Waals surface area contributed by atoms with E-state index in [9.17, 15) is 4.79 Å². The summed E-state index contributed by atoms with van der Waals surface area (Å²) in [5, 5.41) is 4.70. The van der Waals surface area contributed by atoms with Crippen molar-refractivity contribution >= 4 is 33.2 Å². The Bertz CT molecular complexity index is 805. The van der Waals surface area contributed by atoms with Crippen molar-refractivity contribution in [3.05, 3.63) is 75.0 Å². The monoisotopic (exact) mass is 388 g/mol. The van der Waals surface area contributed by atoms with Crippen LogP contribution in [0.4, 0.5) is 0 Å². The van der Waals surface area contributed by atoms with Gasteiger partial charge in [0.25, 0.3) is 5.91 Å². The molecule has 0 unspecified atom stereocenters. The lowest BCUT2D eigenvalue weighted by Crippen LogP contribution is -2.22. The van der Waals surface area contributed by atoms with Crippen molar-refractivity contribution in [3.8, 4) is 11.6 Å². The Balaban J connectivity index is 1.62. The number of rotatable bonds is 5. The molecule has 0 fully saturated rings. The number of carbonyl (C=O) groups excluding carboxylic acids is 1. The summed E-state index contributed by atoms with van der Waals surface area (Å²) in [4.78, 5) is 16.2. The van der Waals surface area contributed by atoms with Gasteiger partial charge in [-0.05, 0) is 45.8 Å². The Labute approximate surface area is 146 Å². The van der Waals surface area contributed by atoms with E-state index >= 15 is 0 Å². The van der Waals surface area contributed by atoms with Gasteiger partial charge < -0.3 is 10.1 Å². The highest BCUT2D eigenvalue weighted by molar-refractivity contribution is 9.11. The van der Waals surface area contributed by atoms with Gasteiger partial charge in [0.1, 0.15) is 5.75 Å². The number of hydrogen-bond donors (Lipinski definition) is 1. The fraction of sp³-hybridized carbons (Fsp3) is 0.0588. The van der Waals surface area contributed by atoms with E-state index in [4.69, 9.17) is 4.74 Å². The molecule has 0 spiro atoms. The van der Waals surface area contributed by atoms with Gasteiger partial charge in [0, 0.05) is 24.2 Å². The zero-order chi connectivity index (χ0) is 16.1. The van der Waals surface area contributed by atoms with Crippen LogP contribution in [-0.2, 0) is 6.54 Å². The van der Waals surface area contributed by atoms with Crippen LogP contribution in [0.5, 0.6) is 11.6 Å². The summed E-state index contributed by atoms with van der Waals surface area (Å²) in [6.45, 7) is 0.417. The molecule has 0 atom stereocenters. The summed E-state index contributed by atoms with van der Waals surface area (Å²) in [6.07, 6.45) is 1.67. The molecule has 0 aliphatic carbocycles. The average molecular weight is 389 g/mol. The van der Waals surface area contributed by atoms with Crippen molar-refractivity contribution in [2.75, 3.05) is 0 Å². The van der Waals surface area contributed by atoms with E-state index in [0.717, 1.165) is 15.1 Å². The van der Waals surface area contributed by atoms with Crippen molar-refractivity contribution < 1.29 is 9.53 Å². The SMILES string of the molecule is O=C(NCc1ccnc(Oc2ccccc2)c1)c1csc(Br)c1. The molecule has 0 aliphatic heterocycles. The van der Waals surface area contributed by atoms with E-state index < -0.39 is 0 Å². The lowest BCUT2D eigenvalue weighted by molar-refractivity contribution is 0.0951. The van der Waals surface area contributed by atoms with Crippen molar-refractivity contribution in [2.24, 2.45) is 0 Å². The summed E-state index contributed by atoms with van der Waals surface area (Å²) in [6, 6.07) is 14.9. The predicted octanol–water partition coefficient (Wildman–Crippen LogP) is 4.63. The number of thiophene rings is 1. The number of pyridine rings is 1. The molecule has 0 saturated heterocycles. The fourth-order valence-corrected chi connectivity index (χ4v) is 3.08. The summed E-state index contributed by atoms with van der Waals surface area (Å²) in [7, 11) is 0. The number of halogens is 1. The third-order valence-electron chi connectivity index (χ3n) is 3.05. The lowest BCUT2D eigenvalue weighted by atomic mass is 10.2. The van der Waals surface area contributed by atoms with Gasteiger partial charge >= 0.3 is 0 Å². The Morgan fingerprint density at radius 1 is 1.22 bits per heavy atom. The third-order valence-corrected chi connectivity index (χ3v) is 4.55. The van der Waals surface area contributed by atoms with E-state index in [1.165, 1.54) is 11.3 Å². The molecule has 0 bridgehead atoms. The van der Waals surface area contributed by atoms with E-state index in [0.29, 0.717) is 18.0 Å². The lowest BCUT2D eigenvalue weighted by Gasteiger charge is -2.07. The molecular weight excluding hydrogens is 376 g/mol. The average Bonchev–Trinajstić information content (AvgIpc) is 3.01. The number of aromatic nitrogens is 1. The second-order valence-corrected chi connectivity index (χ2v) is 7.03. The number of hydrogen-bond acceptors (Lipinski definition) is 4. The first-order valence-corrected chi connectivity index (χ1v) is 8.58. The minimum atomic E-state index is -0.103. The minimum Gasteiger partial charge on any atom is -0.439 e. The molecular formula is C17H13BrN2O2S. The van der Waals surface area contributed by atoms with Gasteiger partial charge in [0.05, 0.1) is 9.35 Å². The van der Waals surface area contributed by atoms with Crippen LogP contribution in [0.1, 0.15) is 15.9 Å². The molecule has 4 nitrogen and oxygen atoms in total. The predicted molar refractivity (Wildman–Crippen MR) is 93.9 cm³/mol. The van der Waals surface area contributed by atoms with Crippen LogP contribution < -0.4 is 10.1 Å². The van der Waals surface area contributed by atoms with Crippen molar-refractivity contribution in [3.63, 3.8) is 0 Å². The summed E-state index contributed by atoms with van der Waals surface area (Å²) >= 11 is 4.84. The smallest absolute Gasteiger partial charge is 0.252 e. The normalized spacial score (nSPS) is 10.3. The summed E-state index contributed by atoms with van der Waals surface area (Å²) < 4.78 is 6.62. The largest absolute Gasteiger partial charge is 0.439 e. The number of amides is 1. The molecule has 3 rings (SSSR count). The number of benzene rings is 1. The van der Waals surface area contributed by atoms with Crippen LogP contribution in [-0.4, -0.2) is 10.9 Å². The fourth-order valence-electron chi connectivity index (χ4n) is 1.94. The minimum absolute atomic E-state index is 0.103. The number of carbonyl (C=O) groups is 1. The zero-order valence-electron chi connectivity index (χ0n) is 12.0. The molecule has 1 N–H and O–H groups in total. The van der Waals surface area contributed by atoms with Crippen LogP contribution in [0.2, 0.25) is 0 Å². The zero-order valence-corrected chi connectivity index (χ0v) is 14.4. The Morgan fingerprint density at radius 3 is 2.78 bits per heavy atom. The standard InChI is InChI=1S/C17H13BrN2O2S/c18-15-9-13(11-23-15)17(21)20-10-12-6-7-19-16(8-12)22-14-4-2-1-3-5-14/h1-9,11H,10H2,(H,20,21). The second kappa shape index (κ2) is 7.39. The first-order chi connectivity index (χ1) is 11.2. The Kier molecular flexibility index (Phi) is 5.05. The summed E-state index contributed by atoms with van der Waals surface area (Å²) in [5.74, 6) is 1.12. The second-order valence-electron chi connectivity index (χ2n) is 4.74. The van der Waals surface area contributed by atoms with E-state index in [1.807, 2.05) is 47.8 Å². The Hall–Kier alpha value is -2.18. The van der Waals surface area contributed by atoms with Gasteiger partial charge in [-0.2, -0.15) is 0 Å². The maximum absolute atomic E-state index is 12.0. The van der Waals surface area contributed by atoms with Gasteiger partial charge in [-0.1, -0.05) is 18.2 Å². The molecule has 1 amide bonds. The molecule has 23 heavy (non-hydrogen) atoms. The maximum atomic E-state index is 12.0. The van der Waals surface area contributed by atoms with Crippen molar-refractivity contribution in [1.29, 1.82) is 0 Å². The van der Waals surface area contributed by atoms with Gasteiger partial charge in [0.2, 0.25) is 5.88 Å². The molecule has 0 saturated carbocycles. The molecule has 3 aromatic rings. The van der Waals surface area contributed by atoms with Crippen LogP contribution in [0.15, 0.2) is 63.9 Å². The van der Waals surface area contributed by atoms with Crippen LogP contribution in [0.25, 0.3) is 0 Å². The number of nitrogens with one attached hydrogen (secondary N) is 1. The highest BCUT2D eigenvalue weighted by atomic mass is 79.9. The highest BCUT2D eigenvalue weighted by Gasteiger charge is 2.08. The molecule has 116 valence electrons. The van der Waals surface area contributed by atoms with Crippen LogP contribution >= 0.6 is 27.3 Å². The first-order valence-electron chi connectivity index (χ1n) is 6.91.